The Hall–Kier alpha value is -0.0800. The first-order valence-electron chi connectivity index (χ1n) is 38.9. The van der Waals surface area contributed by atoms with Gasteiger partial charge >= 0.3 is 0 Å². The first-order chi connectivity index (χ1) is 39.4. The largest absolute Gasteiger partial charge is 0.390 e. The molecular weight excluding hydrogens is 969 g/mol. The Morgan fingerprint density at radius 3 is 0.300 bits per heavy atom. The lowest BCUT2D eigenvalue weighted by Gasteiger charge is -2.31. The van der Waals surface area contributed by atoms with E-state index < -0.39 is 11.2 Å². The van der Waals surface area contributed by atoms with E-state index in [0.29, 0.717) is 0 Å². The van der Waals surface area contributed by atoms with Crippen molar-refractivity contribution < 1.29 is 10.2 Å². The molecule has 0 atom stereocenters. The summed E-state index contributed by atoms with van der Waals surface area (Å²) in [6.07, 6.45) is 97.6. The normalized spacial score (nSPS) is 12.2. The molecule has 0 aromatic carbocycles. The molecule has 0 spiro atoms. The summed E-state index contributed by atoms with van der Waals surface area (Å²) in [5, 5.41) is 24.7. The fraction of sp³-hybridized carbons (Fsp3) is 1.00. The van der Waals surface area contributed by atoms with Gasteiger partial charge in [-0.1, -0.05) is 451 Å². The standard InChI is InChI=1S/C78H158O2/c1-5-9-13-17-21-25-29-33-37-41-45-49-53-57-61-65-71-77(79,72-66-62-58-54-50-46-42-38-34-30-26-22-18-14-10-6-2)75-69-70-76-78(80,73-67-63-59-55-51-47-43-39-35-31-27-23-19-15-11-7-3)74-68-64-60-56-52-48-44-40-36-32-28-24-20-16-12-8-4/h79-80H,5-76H2,1-4H3. The molecule has 2 N–H and O–H groups in total. The van der Waals surface area contributed by atoms with Gasteiger partial charge in [0.15, 0.2) is 0 Å². The maximum atomic E-state index is 12.3. The van der Waals surface area contributed by atoms with Crippen molar-refractivity contribution in [3.8, 4) is 0 Å². The van der Waals surface area contributed by atoms with E-state index in [9.17, 15) is 10.2 Å². The van der Waals surface area contributed by atoms with Gasteiger partial charge in [-0.15, -0.1) is 0 Å². The van der Waals surface area contributed by atoms with Gasteiger partial charge in [0.25, 0.3) is 0 Å². The highest BCUT2D eigenvalue weighted by Gasteiger charge is 2.28. The zero-order valence-electron chi connectivity index (χ0n) is 56.8. The second kappa shape index (κ2) is 68.0. The minimum absolute atomic E-state index is 0.508. The Kier molecular flexibility index (Phi) is 68.0. The molecule has 2 nitrogen and oxygen atoms in total. The van der Waals surface area contributed by atoms with Gasteiger partial charge in [-0.05, 0) is 38.5 Å². The second-order valence-corrected chi connectivity index (χ2v) is 27.9. The van der Waals surface area contributed by atoms with Crippen molar-refractivity contribution in [1.82, 2.24) is 0 Å². The molecule has 0 rings (SSSR count). The fourth-order valence-corrected chi connectivity index (χ4v) is 13.7. The van der Waals surface area contributed by atoms with Gasteiger partial charge in [0, 0.05) is 0 Å². The van der Waals surface area contributed by atoms with E-state index in [-0.39, 0.29) is 0 Å². The fourth-order valence-electron chi connectivity index (χ4n) is 13.7. The van der Waals surface area contributed by atoms with Gasteiger partial charge in [-0.2, -0.15) is 0 Å². The molecule has 0 amide bonds. The van der Waals surface area contributed by atoms with Crippen molar-refractivity contribution in [2.45, 2.75) is 501 Å². The molecule has 0 aromatic heterocycles. The van der Waals surface area contributed by atoms with Crippen LogP contribution in [0.3, 0.4) is 0 Å². The highest BCUT2D eigenvalue weighted by molar-refractivity contribution is 4.82. The molecule has 0 aliphatic carbocycles. The molecule has 0 aliphatic heterocycles. The lowest BCUT2D eigenvalue weighted by Crippen LogP contribution is -2.30. The molecule has 0 radical (unpaired) electrons. The molecule has 0 bridgehead atoms. The lowest BCUT2D eigenvalue weighted by atomic mass is 9.82. The Morgan fingerprint density at radius 1 is 0.125 bits per heavy atom. The maximum absolute atomic E-state index is 12.3. The summed E-state index contributed by atoms with van der Waals surface area (Å²) in [6, 6.07) is 0. The molecule has 2 heteroatoms. The zero-order chi connectivity index (χ0) is 57.9. The molecule has 0 saturated carbocycles. The number of unbranched alkanes of at least 4 members (excludes halogenated alkanes) is 61. The van der Waals surface area contributed by atoms with E-state index in [4.69, 9.17) is 0 Å². The third-order valence-corrected chi connectivity index (χ3v) is 19.5. The summed E-state index contributed by atoms with van der Waals surface area (Å²) in [5.74, 6) is 0. The molecule has 0 unspecified atom stereocenters. The predicted octanol–water partition coefficient (Wildman–Crippen LogP) is 28.6. The Bertz CT molecular complexity index is 927. The number of hydrogen-bond donors (Lipinski definition) is 2. The van der Waals surface area contributed by atoms with Crippen LogP contribution < -0.4 is 0 Å². The molecule has 80 heavy (non-hydrogen) atoms. The Balaban J connectivity index is 4.97. The van der Waals surface area contributed by atoms with Crippen LogP contribution in [0.2, 0.25) is 0 Å². The third kappa shape index (κ3) is 63.9. The van der Waals surface area contributed by atoms with Crippen LogP contribution >= 0.6 is 0 Å². The molecule has 482 valence electrons. The maximum Gasteiger partial charge on any atom is 0.0647 e. The quantitative estimate of drug-likeness (QED) is 0.0596. The van der Waals surface area contributed by atoms with Crippen LogP contribution in [0.5, 0.6) is 0 Å². The number of hydrogen-bond acceptors (Lipinski definition) is 2. The van der Waals surface area contributed by atoms with Gasteiger partial charge in [0.1, 0.15) is 0 Å². The van der Waals surface area contributed by atoms with Crippen molar-refractivity contribution >= 4 is 0 Å². The molecule has 0 fully saturated rings. The Labute approximate surface area is 508 Å². The molecule has 0 aliphatic rings. The van der Waals surface area contributed by atoms with E-state index in [1.807, 2.05) is 0 Å². The van der Waals surface area contributed by atoms with Crippen LogP contribution in [0.15, 0.2) is 0 Å². The number of aliphatic hydroxyl groups is 2. The summed E-state index contributed by atoms with van der Waals surface area (Å²) in [5.41, 5.74) is -1.02. The van der Waals surface area contributed by atoms with Gasteiger partial charge in [-0.25, -0.2) is 0 Å². The van der Waals surface area contributed by atoms with Gasteiger partial charge in [0.2, 0.25) is 0 Å². The predicted molar refractivity (Wildman–Crippen MR) is 365 cm³/mol. The monoisotopic (exact) mass is 1130 g/mol. The average molecular weight is 1130 g/mol. The third-order valence-electron chi connectivity index (χ3n) is 19.5. The van der Waals surface area contributed by atoms with E-state index >= 15 is 0 Å². The van der Waals surface area contributed by atoms with Crippen LogP contribution in [0.25, 0.3) is 0 Å². The van der Waals surface area contributed by atoms with E-state index in [1.54, 1.807) is 0 Å². The molecule has 0 aromatic rings. The highest BCUT2D eigenvalue weighted by atomic mass is 16.3. The summed E-state index contributed by atoms with van der Waals surface area (Å²) < 4.78 is 0. The Morgan fingerprint density at radius 2 is 0.200 bits per heavy atom. The zero-order valence-corrected chi connectivity index (χ0v) is 56.8. The highest BCUT2D eigenvalue weighted by Crippen LogP contribution is 2.33. The van der Waals surface area contributed by atoms with Crippen LogP contribution in [-0.2, 0) is 0 Å². The van der Waals surface area contributed by atoms with E-state index in [1.165, 1.54) is 411 Å². The minimum atomic E-state index is -0.508. The van der Waals surface area contributed by atoms with Crippen LogP contribution in [0.4, 0.5) is 0 Å². The first-order valence-corrected chi connectivity index (χ1v) is 38.9. The van der Waals surface area contributed by atoms with E-state index in [0.717, 1.165) is 51.4 Å². The van der Waals surface area contributed by atoms with Crippen molar-refractivity contribution in [2.24, 2.45) is 0 Å². The topological polar surface area (TPSA) is 40.5 Å². The average Bonchev–Trinajstić information content (AvgIpc) is 3.46. The number of rotatable bonds is 73. The van der Waals surface area contributed by atoms with Gasteiger partial charge < -0.3 is 10.2 Å². The van der Waals surface area contributed by atoms with Crippen molar-refractivity contribution in [1.29, 1.82) is 0 Å². The lowest BCUT2D eigenvalue weighted by molar-refractivity contribution is -0.00619. The summed E-state index contributed by atoms with van der Waals surface area (Å²) in [7, 11) is 0. The summed E-state index contributed by atoms with van der Waals surface area (Å²) >= 11 is 0. The first kappa shape index (κ1) is 79.9. The summed E-state index contributed by atoms with van der Waals surface area (Å²) in [4.78, 5) is 0. The molecule has 0 saturated heterocycles. The van der Waals surface area contributed by atoms with E-state index in [2.05, 4.69) is 27.7 Å². The SMILES string of the molecule is CCCCCCCCCCCCCCCCCCC(O)(CCCCCCCCCCCCCCCCCC)CCCCC(O)(CCCCCCCCCCCCCCCCCC)CCCCCCCCCCCCCCCCCC. The summed E-state index contributed by atoms with van der Waals surface area (Å²) in [6.45, 7) is 9.26. The van der Waals surface area contributed by atoms with Crippen molar-refractivity contribution in [3.63, 3.8) is 0 Å². The van der Waals surface area contributed by atoms with Gasteiger partial charge in [0.05, 0.1) is 11.2 Å². The van der Waals surface area contributed by atoms with Crippen LogP contribution in [0, 0.1) is 0 Å². The molecular formula is C78H158O2. The second-order valence-electron chi connectivity index (χ2n) is 27.9. The smallest absolute Gasteiger partial charge is 0.0647 e. The minimum Gasteiger partial charge on any atom is -0.390 e. The molecule has 0 heterocycles. The van der Waals surface area contributed by atoms with Crippen molar-refractivity contribution in [3.05, 3.63) is 0 Å². The van der Waals surface area contributed by atoms with Gasteiger partial charge in [-0.3, -0.25) is 0 Å². The van der Waals surface area contributed by atoms with Crippen molar-refractivity contribution in [2.75, 3.05) is 0 Å². The van der Waals surface area contributed by atoms with Crippen LogP contribution in [0.1, 0.15) is 490 Å². The van der Waals surface area contributed by atoms with Crippen LogP contribution in [-0.4, -0.2) is 21.4 Å².